The van der Waals surface area contributed by atoms with Crippen LogP contribution in [0.15, 0.2) is 23.1 Å². The van der Waals surface area contributed by atoms with Crippen LogP contribution in [-0.2, 0) is 22.8 Å². The van der Waals surface area contributed by atoms with Gasteiger partial charge in [0.15, 0.2) is 9.84 Å². The van der Waals surface area contributed by atoms with Gasteiger partial charge in [0.25, 0.3) is 0 Å². The van der Waals surface area contributed by atoms with Gasteiger partial charge in [0, 0.05) is 18.8 Å². The van der Waals surface area contributed by atoms with Gasteiger partial charge < -0.3 is 10.4 Å². The Balaban J connectivity index is 2.35. The Bertz CT molecular complexity index is 496. The van der Waals surface area contributed by atoms with Crippen LogP contribution in [0, 0.1) is 0 Å². The number of aliphatic hydroxyl groups excluding tert-OH is 1. The van der Waals surface area contributed by atoms with Crippen molar-refractivity contribution in [3.05, 3.63) is 29.3 Å². The van der Waals surface area contributed by atoms with Crippen molar-refractivity contribution in [3.8, 4) is 0 Å². The van der Waals surface area contributed by atoms with Crippen molar-refractivity contribution < 1.29 is 13.5 Å². The van der Waals surface area contributed by atoms with Gasteiger partial charge in [-0.1, -0.05) is 6.07 Å². The van der Waals surface area contributed by atoms with Gasteiger partial charge >= 0.3 is 0 Å². The van der Waals surface area contributed by atoms with Crippen molar-refractivity contribution in [3.63, 3.8) is 0 Å². The maximum Gasteiger partial charge on any atom is 0.175 e. The van der Waals surface area contributed by atoms with E-state index in [1.165, 1.54) is 6.26 Å². The first-order valence-corrected chi connectivity index (χ1v) is 7.06. The molecular weight excluding hydrogens is 226 g/mol. The van der Waals surface area contributed by atoms with Crippen LogP contribution in [0.2, 0.25) is 0 Å². The molecule has 0 spiro atoms. The quantitative estimate of drug-likeness (QED) is 0.770. The molecular formula is C11H15NO3S. The minimum Gasteiger partial charge on any atom is -0.395 e. The zero-order valence-electron chi connectivity index (χ0n) is 9.10. The molecule has 2 N–H and O–H groups in total. The molecule has 1 heterocycles. The monoisotopic (exact) mass is 241 g/mol. The Hall–Kier alpha value is -0.910. The molecule has 0 unspecified atom stereocenters. The second-order valence-electron chi connectivity index (χ2n) is 4.17. The lowest BCUT2D eigenvalue weighted by Crippen LogP contribution is -2.38. The van der Waals surface area contributed by atoms with E-state index in [2.05, 4.69) is 5.32 Å². The molecule has 1 aromatic rings. The lowest BCUT2D eigenvalue weighted by molar-refractivity contribution is 0.236. The molecule has 0 saturated carbocycles. The Morgan fingerprint density at radius 2 is 2.19 bits per heavy atom. The third-order valence-corrected chi connectivity index (χ3v) is 3.98. The number of aliphatic hydroxyl groups is 1. The van der Waals surface area contributed by atoms with Crippen LogP contribution in [0.25, 0.3) is 0 Å². The second kappa shape index (κ2) is 4.16. The van der Waals surface area contributed by atoms with Gasteiger partial charge in [0.05, 0.1) is 11.5 Å². The summed E-state index contributed by atoms with van der Waals surface area (Å²) in [5, 5.41) is 12.2. The summed E-state index contributed by atoms with van der Waals surface area (Å²) in [5.41, 5.74) is 2.12. The Labute approximate surface area is 95.2 Å². The fourth-order valence-corrected chi connectivity index (χ4v) is 2.59. The van der Waals surface area contributed by atoms with E-state index in [-0.39, 0.29) is 12.6 Å². The van der Waals surface area contributed by atoms with Crippen molar-refractivity contribution in [2.45, 2.75) is 23.9 Å². The first kappa shape index (κ1) is 11.6. The molecule has 5 heteroatoms. The Kier molecular flexibility index (Phi) is 3.01. The van der Waals surface area contributed by atoms with E-state index < -0.39 is 9.84 Å². The van der Waals surface area contributed by atoms with E-state index in [1.54, 1.807) is 12.1 Å². The molecule has 1 atom stereocenters. The number of rotatable bonds is 2. The Morgan fingerprint density at radius 3 is 2.81 bits per heavy atom. The fourth-order valence-electron chi connectivity index (χ4n) is 1.92. The Morgan fingerprint density at radius 1 is 1.44 bits per heavy atom. The van der Waals surface area contributed by atoms with E-state index >= 15 is 0 Å². The van der Waals surface area contributed by atoms with Gasteiger partial charge in [-0.3, -0.25) is 0 Å². The summed E-state index contributed by atoms with van der Waals surface area (Å²) in [5.74, 6) is 0. The highest BCUT2D eigenvalue weighted by Crippen LogP contribution is 2.20. The third kappa shape index (κ3) is 2.26. The van der Waals surface area contributed by atoms with Crippen molar-refractivity contribution in [1.82, 2.24) is 5.32 Å². The summed E-state index contributed by atoms with van der Waals surface area (Å²) in [7, 11) is -3.13. The maximum absolute atomic E-state index is 11.4. The predicted molar refractivity (Wildman–Crippen MR) is 61.0 cm³/mol. The minimum atomic E-state index is -3.13. The lowest BCUT2D eigenvalue weighted by Gasteiger charge is -2.24. The van der Waals surface area contributed by atoms with Gasteiger partial charge in [0.2, 0.25) is 0 Å². The van der Waals surface area contributed by atoms with Crippen LogP contribution >= 0.6 is 0 Å². The normalized spacial score (nSPS) is 20.5. The number of nitrogens with one attached hydrogen (secondary N) is 1. The van der Waals surface area contributed by atoms with Gasteiger partial charge in [-0.15, -0.1) is 0 Å². The summed E-state index contributed by atoms with van der Waals surface area (Å²) < 4.78 is 22.8. The molecule has 16 heavy (non-hydrogen) atoms. The zero-order valence-corrected chi connectivity index (χ0v) is 9.92. The lowest BCUT2D eigenvalue weighted by atomic mass is 9.96. The summed E-state index contributed by atoms with van der Waals surface area (Å²) in [6.07, 6.45) is 1.96. The minimum absolute atomic E-state index is 0.0802. The van der Waals surface area contributed by atoms with Crippen LogP contribution < -0.4 is 5.32 Å². The van der Waals surface area contributed by atoms with E-state index in [0.29, 0.717) is 11.4 Å². The number of sulfone groups is 1. The van der Waals surface area contributed by atoms with E-state index in [4.69, 9.17) is 5.11 Å². The molecule has 0 bridgehead atoms. The smallest absolute Gasteiger partial charge is 0.175 e. The van der Waals surface area contributed by atoms with Crippen molar-refractivity contribution in [2.24, 2.45) is 0 Å². The fraction of sp³-hybridized carbons (Fsp3) is 0.455. The molecule has 0 radical (unpaired) electrons. The maximum atomic E-state index is 11.4. The number of hydrogen-bond donors (Lipinski definition) is 2. The topological polar surface area (TPSA) is 66.4 Å². The summed E-state index contributed by atoms with van der Waals surface area (Å²) in [4.78, 5) is 0.357. The molecule has 88 valence electrons. The third-order valence-electron chi connectivity index (χ3n) is 2.87. The van der Waals surface area contributed by atoms with E-state index in [0.717, 1.165) is 17.5 Å². The average Bonchev–Trinajstić information content (AvgIpc) is 2.26. The average molecular weight is 241 g/mol. The van der Waals surface area contributed by atoms with E-state index in [1.807, 2.05) is 6.07 Å². The van der Waals surface area contributed by atoms with Crippen LogP contribution in [0.1, 0.15) is 11.1 Å². The molecule has 1 aliphatic heterocycles. The van der Waals surface area contributed by atoms with Crippen LogP contribution in [0.5, 0.6) is 0 Å². The highest BCUT2D eigenvalue weighted by molar-refractivity contribution is 7.90. The first-order chi connectivity index (χ1) is 7.50. The molecule has 1 aliphatic rings. The zero-order chi connectivity index (χ0) is 11.8. The van der Waals surface area contributed by atoms with Crippen LogP contribution in [0.4, 0.5) is 0 Å². The SMILES string of the molecule is CS(=O)(=O)c1ccc2c(c1)CN[C@H](CO)C2. The summed E-state index contributed by atoms with van der Waals surface area (Å²) in [6.45, 7) is 0.719. The molecule has 0 aliphatic carbocycles. The molecule has 0 amide bonds. The van der Waals surface area contributed by atoms with Crippen LogP contribution in [0.3, 0.4) is 0 Å². The number of fused-ring (bicyclic) bond motifs is 1. The molecule has 1 aromatic carbocycles. The molecule has 0 aromatic heterocycles. The number of benzene rings is 1. The standard InChI is InChI=1S/C11H15NO3S/c1-16(14,15)11-3-2-8-4-10(7-13)12-6-9(8)5-11/h2-3,5,10,12-13H,4,6-7H2,1H3/t10-/m0/s1. The molecule has 0 saturated heterocycles. The summed E-state index contributed by atoms with van der Waals surface area (Å²) >= 11 is 0. The van der Waals surface area contributed by atoms with E-state index in [9.17, 15) is 8.42 Å². The molecule has 4 nitrogen and oxygen atoms in total. The van der Waals surface area contributed by atoms with Gasteiger partial charge in [-0.25, -0.2) is 8.42 Å². The van der Waals surface area contributed by atoms with Crippen molar-refractivity contribution in [2.75, 3.05) is 12.9 Å². The predicted octanol–water partition coefficient (Wildman–Crippen LogP) is 0.0967. The first-order valence-electron chi connectivity index (χ1n) is 5.17. The molecule has 2 rings (SSSR count). The van der Waals surface area contributed by atoms with Crippen LogP contribution in [-0.4, -0.2) is 32.4 Å². The largest absolute Gasteiger partial charge is 0.395 e. The highest BCUT2D eigenvalue weighted by Gasteiger charge is 2.18. The van der Waals surface area contributed by atoms with Crippen molar-refractivity contribution >= 4 is 9.84 Å². The van der Waals surface area contributed by atoms with Gasteiger partial charge in [-0.05, 0) is 29.7 Å². The highest BCUT2D eigenvalue weighted by atomic mass is 32.2. The van der Waals surface area contributed by atoms with Gasteiger partial charge in [-0.2, -0.15) is 0 Å². The van der Waals surface area contributed by atoms with Crippen molar-refractivity contribution in [1.29, 1.82) is 0 Å². The molecule has 0 fully saturated rings. The number of hydrogen-bond acceptors (Lipinski definition) is 4. The summed E-state index contributed by atoms with van der Waals surface area (Å²) in [6, 6.07) is 5.27. The van der Waals surface area contributed by atoms with Gasteiger partial charge in [0.1, 0.15) is 0 Å². The second-order valence-corrected chi connectivity index (χ2v) is 6.18.